The molecule has 5 nitrogen and oxygen atoms in total. The molecule has 0 radical (unpaired) electrons. The Kier molecular flexibility index (Phi) is 3.56. The molecular formula is C12H16N2O3S. The Morgan fingerprint density at radius 1 is 1.39 bits per heavy atom. The zero-order chi connectivity index (χ0) is 13.2. The van der Waals surface area contributed by atoms with Crippen LogP contribution in [0.15, 0.2) is 10.8 Å². The van der Waals surface area contributed by atoms with Crippen LogP contribution in [0.2, 0.25) is 0 Å². The third-order valence-corrected chi connectivity index (χ3v) is 4.21. The highest BCUT2D eigenvalue weighted by Crippen LogP contribution is 2.45. The van der Waals surface area contributed by atoms with Gasteiger partial charge in [0.2, 0.25) is 0 Å². The number of hydrogen-bond donors (Lipinski definition) is 3. The fourth-order valence-electron chi connectivity index (χ4n) is 1.67. The number of carbonyl (C=O) groups is 2. The van der Waals surface area contributed by atoms with Gasteiger partial charge in [-0.25, -0.2) is 4.79 Å². The first-order chi connectivity index (χ1) is 8.53. The second-order valence-electron chi connectivity index (χ2n) is 4.70. The molecule has 0 aliphatic heterocycles. The number of carboxylic acid groups (broad SMARTS) is 1. The van der Waals surface area contributed by atoms with E-state index in [1.54, 1.807) is 11.3 Å². The molecule has 1 heterocycles. The molecular weight excluding hydrogens is 252 g/mol. The first-order valence-corrected chi connectivity index (χ1v) is 6.74. The molecule has 0 aromatic carbocycles. The van der Waals surface area contributed by atoms with Crippen molar-refractivity contribution < 1.29 is 14.7 Å². The normalized spacial score (nSPS) is 16.1. The fourth-order valence-corrected chi connectivity index (χ4v) is 2.53. The van der Waals surface area contributed by atoms with Crippen molar-refractivity contribution in [3.63, 3.8) is 0 Å². The Hall–Kier alpha value is -1.56. The minimum Gasteiger partial charge on any atom is -0.481 e. The van der Waals surface area contributed by atoms with Crippen LogP contribution in [0.5, 0.6) is 0 Å². The second-order valence-corrected chi connectivity index (χ2v) is 5.45. The van der Waals surface area contributed by atoms with Crippen LogP contribution in [0.3, 0.4) is 0 Å². The van der Waals surface area contributed by atoms with E-state index in [9.17, 15) is 9.59 Å². The molecule has 3 N–H and O–H groups in total. The summed E-state index contributed by atoms with van der Waals surface area (Å²) in [6.45, 7) is 2.67. The van der Waals surface area contributed by atoms with Crippen LogP contribution in [-0.4, -0.2) is 23.7 Å². The number of carboxylic acids is 1. The largest absolute Gasteiger partial charge is 0.481 e. The monoisotopic (exact) mass is 268 g/mol. The Morgan fingerprint density at radius 2 is 2.11 bits per heavy atom. The fraction of sp³-hybridized carbons (Fsp3) is 0.500. The number of thiophene rings is 1. The Labute approximate surface area is 109 Å². The molecule has 0 spiro atoms. The number of aryl methyl sites for hydroxylation is 1. The van der Waals surface area contributed by atoms with E-state index in [1.807, 2.05) is 17.7 Å². The Morgan fingerprint density at radius 3 is 2.61 bits per heavy atom. The first-order valence-electron chi connectivity index (χ1n) is 5.80. The van der Waals surface area contributed by atoms with Crippen LogP contribution in [0.4, 0.5) is 4.79 Å². The average Bonchev–Trinajstić information content (AvgIpc) is 3.02. The number of nitrogens with one attached hydrogen (secondary N) is 2. The van der Waals surface area contributed by atoms with Gasteiger partial charge in [-0.1, -0.05) is 0 Å². The van der Waals surface area contributed by atoms with E-state index >= 15 is 0 Å². The highest BCUT2D eigenvalue weighted by Gasteiger charge is 2.50. The third kappa shape index (κ3) is 2.81. The molecule has 0 saturated heterocycles. The number of hydrogen-bond acceptors (Lipinski definition) is 3. The predicted octanol–water partition coefficient (Wildman–Crippen LogP) is 1.72. The number of aliphatic carboxylic acids is 1. The topological polar surface area (TPSA) is 78.4 Å². The molecule has 2 amide bonds. The van der Waals surface area contributed by atoms with E-state index in [0.717, 1.165) is 11.1 Å². The molecule has 0 bridgehead atoms. The lowest BCUT2D eigenvalue weighted by molar-refractivity contribution is -0.143. The van der Waals surface area contributed by atoms with Crippen molar-refractivity contribution in [2.24, 2.45) is 5.41 Å². The molecule has 1 fully saturated rings. The maximum absolute atomic E-state index is 11.5. The van der Waals surface area contributed by atoms with E-state index in [2.05, 4.69) is 10.6 Å². The maximum Gasteiger partial charge on any atom is 0.315 e. The van der Waals surface area contributed by atoms with Crippen LogP contribution in [0, 0.1) is 12.3 Å². The smallest absolute Gasteiger partial charge is 0.315 e. The van der Waals surface area contributed by atoms with Gasteiger partial charge in [0.1, 0.15) is 0 Å². The summed E-state index contributed by atoms with van der Waals surface area (Å²) in [6, 6.07) is -0.312. The number of rotatable bonds is 5. The van der Waals surface area contributed by atoms with Crippen molar-refractivity contribution in [2.75, 3.05) is 6.54 Å². The van der Waals surface area contributed by atoms with E-state index in [0.29, 0.717) is 19.4 Å². The van der Waals surface area contributed by atoms with Crippen molar-refractivity contribution in [3.8, 4) is 0 Å². The Bertz CT molecular complexity index is 466. The summed E-state index contributed by atoms with van der Waals surface area (Å²) >= 11 is 1.60. The van der Waals surface area contributed by atoms with Crippen molar-refractivity contribution >= 4 is 23.3 Å². The first kappa shape index (κ1) is 12.9. The Balaban J connectivity index is 1.73. The molecule has 0 unspecified atom stereocenters. The molecule has 2 rings (SSSR count). The summed E-state index contributed by atoms with van der Waals surface area (Å²) in [6.07, 6.45) is 1.29. The quantitative estimate of drug-likeness (QED) is 0.761. The standard InChI is InChI=1S/C12H16N2O3S/c1-8-5-18-6-9(8)4-13-11(17)14-7-12(2-3-12)10(15)16/h5-6H,2-4,7H2,1H3,(H,15,16)(H2,13,14,17). The van der Waals surface area contributed by atoms with Gasteiger partial charge in [-0.3, -0.25) is 4.79 Å². The van der Waals surface area contributed by atoms with Gasteiger partial charge in [-0.05, 0) is 41.7 Å². The summed E-state index contributed by atoms with van der Waals surface area (Å²) in [7, 11) is 0. The molecule has 98 valence electrons. The lowest BCUT2D eigenvalue weighted by Gasteiger charge is -2.12. The van der Waals surface area contributed by atoms with Crippen LogP contribution >= 0.6 is 11.3 Å². The van der Waals surface area contributed by atoms with Crippen LogP contribution < -0.4 is 10.6 Å². The van der Waals surface area contributed by atoms with Crippen LogP contribution in [0.25, 0.3) is 0 Å². The second kappa shape index (κ2) is 4.97. The van der Waals surface area contributed by atoms with Crippen LogP contribution in [0.1, 0.15) is 24.0 Å². The SMILES string of the molecule is Cc1cscc1CNC(=O)NCC1(C(=O)O)CC1. The van der Waals surface area contributed by atoms with Gasteiger partial charge in [0.25, 0.3) is 0 Å². The van der Waals surface area contributed by atoms with E-state index in [1.165, 1.54) is 0 Å². The zero-order valence-electron chi connectivity index (χ0n) is 10.2. The maximum atomic E-state index is 11.5. The highest BCUT2D eigenvalue weighted by atomic mass is 32.1. The average molecular weight is 268 g/mol. The number of urea groups is 1. The van der Waals surface area contributed by atoms with Gasteiger partial charge in [-0.15, -0.1) is 0 Å². The van der Waals surface area contributed by atoms with Crippen molar-refractivity contribution in [1.82, 2.24) is 10.6 Å². The van der Waals surface area contributed by atoms with Crippen molar-refractivity contribution in [2.45, 2.75) is 26.3 Å². The molecule has 1 aliphatic rings. The van der Waals surface area contributed by atoms with Gasteiger partial charge < -0.3 is 15.7 Å². The number of amides is 2. The van der Waals surface area contributed by atoms with Crippen molar-refractivity contribution in [3.05, 3.63) is 21.9 Å². The van der Waals surface area contributed by atoms with Gasteiger partial charge in [0.05, 0.1) is 5.41 Å². The van der Waals surface area contributed by atoms with E-state index in [4.69, 9.17) is 5.11 Å². The van der Waals surface area contributed by atoms with Gasteiger partial charge >= 0.3 is 12.0 Å². The van der Waals surface area contributed by atoms with E-state index in [-0.39, 0.29) is 12.6 Å². The van der Waals surface area contributed by atoms with E-state index < -0.39 is 11.4 Å². The van der Waals surface area contributed by atoms with Crippen molar-refractivity contribution in [1.29, 1.82) is 0 Å². The third-order valence-electron chi connectivity index (χ3n) is 3.30. The lowest BCUT2D eigenvalue weighted by Crippen LogP contribution is -2.40. The number of carbonyl (C=O) groups excluding carboxylic acids is 1. The van der Waals surface area contributed by atoms with Gasteiger partial charge in [0, 0.05) is 13.1 Å². The van der Waals surface area contributed by atoms with Gasteiger partial charge in [0.15, 0.2) is 0 Å². The predicted molar refractivity (Wildman–Crippen MR) is 68.6 cm³/mol. The molecule has 0 atom stereocenters. The molecule has 1 aromatic heterocycles. The molecule has 1 aliphatic carbocycles. The molecule has 18 heavy (non-hydrogen) atoms. The summed E-state index contributed by atoms with van der Waals surface area (Å²) in [4.78, 5) is 22.4. The summed E-state index contributed by atoms with van der Waals surface area (Å²) in [5, 5.41) is 18.3. The summed E-state index contributed by atoms with van der Waals surface area (Å²) in [5.41, 5.74) is 1.54. The van der Waals surface area contributed by atoms with Crippen LogP contribution in [-0.2, 0) is 11.3 Å². The zero-order valence-corrected chi connectivity index (χ0v) is 11.0. The lowest BCUT2D eigenvalue weighted by atomic mass is 10.1. The highest BCUT2D eigenvalue weighted by molar-refractivity contribution is 7.08. The summed E-state index contributed by atoms with van der Waals surface area (Å²) < 4.78 is 0. The molecule has 6 heteroatoms. The minimum absolute atomic E-state index is 0.205. The minimum atomic E-state index is -0.823. The molecule has 1 saturated carbocycles. The summed E-state index contributed by atoms with van der Waals surface area (Å²) in [5.74, 6) is -0.823. The molecule has 1 aromatic rings. The van der Waals surface area contributed by atoms with Gasteiger partial charge in [-0.2, -0.15) is 11.3 Å².